The standard InChI is InChI=1S/C5H6O.5CO.W/c1-3-4-5-6-2;5*1-2;/h1-2H3;;;;;;. The molecule has 0 spiro atoms. The molecule has 0 bridgehead atoms. The van der Waals surface area contributed by atoms with Gasteiger partial charge in [0, 0.05) is 0 Å². The Kier molecular flexibility index (Phi) is 260. The number of methoxy groups -OCH3 is 1. The molecule has 0 aromatic rings. The molecule has 0 aliphatic carbocycles. The van der Waals surface area contributed by atoms with Crippen LogP contribution < -0.4 is 0 Å². The number of hydrogen-bond acceptors (Lipinski definition) is 1. The Morgan fingerprint density at radius 2 is 1.12 bits per heavy atom. The predicted octanol–water partition coefficient (Wildman–Crippen LogP) is 0.145. The zero-order valence-electron chi connectivity index (χ0n) is 8.86. The Balaban J connectivity index is -0.0000000257. The molecule has 88 valence electrons. The van der Waals surface area contributed by atoms with Gasteiger partial charge in [-0.05, 0) is 0 Å². The van der Waals surface area contributed by atoms with Crippen LogP contribution in [0.3, 0.4) is 0 Å². The zero-order valence-corrected chi connectivity index (χ0v) is 11.8. The maximum absolute atomic E-state index is 7.50. The molecule has 0 aliphatic heterocycles. The molecule has 7 heteroatoms. The first kappa shape index (κ1) is 36.0. The van der Waals surface area contributed by atoms with Crippen LogP contribution in [0.15, 0.2) is 0 Å². The van der Waals surface area contributed by atoms with Gasteiger partial charge in [-0.2, -0.15) is 0 Å². The molecule has 0 saturated heterocycles. The molecule has 0 fully saturated rings. The first-order valence-electron chi connectivity index (χ1n) is 2.84. The average molecular weight is 406 g/mol. The van der Waals surface area contributed by atoms with E-state index in [1.54, 1.807) is 14.0 Å². The van der Waals surface area contributed by atoms with Gasteiger partial charge in [0.25, 0.3) is 0 Å². The van der Waals surface area contributed by atoms with Crippen molar-refractivity contribution in [3.8, 4) is 11.8 Å². The molecule has 0 aromatic carbocycles. The summed E-state index contributed by atoms with van der Waals surface area (Å²) in [5.74, 6) is 5.50. The van der Waals surface area contributed by atoms with E-state index >= 15 is 0 Å². The number of ether oxygens (including phenoxy) is 1. The van der Waals surface area contributed by atoms with Crippen molar-refractivity contribution in [3.63, 3.8) is 0 Å². The third-order valence-corrected chi connectivity index (χ3v) is 1.38. The second-order valence-electron chi connectivity index (χ2n) is 0.867. The third kappa shape index (κ3) is 169. The molecule has 0 atom stereocenters. The molecule has 6 nitrogen and oxygen atoms in total. The van der Waals surface area contributed by atoms with Gasteiger partial charge in [0.1, 0.15) is 0 Å². The van der Waals surface area contributed by atoms with Gasteiger partial charge in [-0.25, -0.2) is 0 Å². The molecular weight excluding hydrogens is 400 g/mol. The van der Waals surface area contributed by atoms with E-state index in [1.165, 1.54) is 19.4 Å². The summed E-state index contributed by atoms with van der Waals surface area (Å²) in [5.41, 5.74) is 0. The summed E-state index contributed by atoms with van der Waals surface area (Å²) in [6.45, 7) is 24.3. The molecule has 0 unspecified atom stereocenters. The first-order chi connectivity index (χ1) is 8.31. The fourth-order valence-electron chi connectivity index (χ4n) is 0.153. The Morgan fingerprint density at radius 3 is 1.18 bits per heavy atom. The topological polar surface area (TPSA) is 109 Å². The monoisotopic (exact) mass is 406 g/mol. The van der Waals surface area contributed by atoms with Crippen LogP contribution in [0.2, 0.25) is 0 Å². The van der Waals surface area contributed by atoms with Crippen molar-refractivity contribution in [1.29, 1.82) is 0 Å². The van der Waals surface area contributed by atoms with Crippen molar-refractivity contribution in [3.05, 3.63) is 33.3 Å². The first-order valence-corrected chi connectivity index (χ1v) is 4.30. The van der Waals surface area contributed by atoms with Gasteiger partial charge in [-0.3, -0.25) is 0 Å². The van der Waals surface area contributed by atoms with Crippen LogP contribution in [-0.2, 0) is 47.4 Å². The van der Waals surface area contributed by atoms with Crippen LogP contribution in [-0.4, -0.2) is 11.2 Å². The van der Waals surface area contributed by atoms with Crippen LogP contribution in [0.1, 0.15) is 6.92 Å². The van der Waals surface area contributed by atoms with Crippen molar-refractivity contribution >= 4 is 4.08 Å². The minimum absolute atomic E-state index is 0.850. The van der Waals surface area contributed by atoms with Crippen LogP contribution >= 0.6 is 0 Å². The molecule has 0 saturated carbocycles. The molecule has 0 radical (unpaired) electrons. The quantitative estimate of drug-likeness (QED) is 0.345. The summed E-state index contributed by atoms with van der Waals surface area (Å²) in [7, 11) is 1.63. The predicted molar refractivity (Wildman–Crippen MR) is 45.1 cm³/mol. The van der Waals surface area contributed by atoms with Crippen molar-refractivity contribution in [1.82, 2.24) is 0 Å². The van der Waals surface area contributed by atoms with Crippen molar-refractivity contribution in [2.75, 3.05) is 7.11 Å². The molecule has 0 aliphatic rings. The molecule has 0 aromatic heterocycles. The summed E-state index contributed by atoms with van der Waals surface area (Å²) < 4.78 is 43.1. The van der Waals surface area contributed by atoms with Crippen molar-refractivity contribution < 1.29 is 47.4 Å². The SMILES string of the molecule is CC#C[C](=[W])OC.[C-]#[O+].[C-]#[O+].[C-]#[O+].[C-]#[O+].[C-]#[O+]. The van der Waals surface area contributed by atoms with Gasteiger partial charge in [-0.1, -0.05) is 0 Å². The number of rotatable bonds is 1. The van der Waals surface area contributed by atoms with Crippen LogP contribution in [0.25, 0.3) is 0 Å². The number of hydrogen-bond donors (Lipinski definition) is 0. The van der Waals surface area contributed by atoms with E-state index in [4.69, 9.17) is 28.0 Å². The summed E-state index contributed by atoms with van der Waals surface area (Å²) in [6, 6.07) is 0. The minimum atomic E-state index is 0.850. The molecular formula is C10H6O6W. The summed E-state index contributed by atoms with van der Waals surface area (Å²) in [4.78, 5) is 0. The van der Waals surface area contributed by atoms with Gasteiger partial charge >= 0.3 is 111 Å². The van der Waals surface area contributed by atoms with Crippen molar-refractivity contribution in [2.24, 2.45) is 0 Å². The Bertz CT molecular complexity index is 251. The van der Waals surface area contributed by atoms with Crippen molar-refractivity contribution in [2.45, 2.75) is 6.92 Å². The fraction of sp³-hybridized carbons (Fsp3) is 0.200. The maximum atomic E-state index is 7.50. The molecule has 0 amide bonds. The Labute approximate surface area is 111 Å². The Hall–Kier alpha value is -1.22. The van der Waals surface area contributed by atoms with Gasteiger partial charge < -0.3 is 0 Å². The van der Waals surface area contributed by atoms with E-state index in [2.05, 4.69) is 45.1 Å². The molecule has 0 N–H and O–H groups in total. The van der Waals surface area contributed by atoms with Gasteiger partial charge in [-0.15, -0.1) is 0 Å². The van der Waals surface area contributed by atoms with E-state index in [9.17, 15) is 0 Å². The van der Waals surface area contributed by atoms with E-state index < -0.39 is 0 Å². The van der Waals surface area contributed by atoms with E-state index in [-0.39, 0.29) is 0 Å². The van der Waals surface area contributed by atoms with Gasteiger partial charge in [0.2, 0.25) is 0 Å². The van der Waals surface area contributed by atoms with Gasteiger partial charge in [0.15, 0.2) is 0 Å². The fourth-order valence-corrected chi connectivity index (χ4v) is 0.520. The summed E-state index contributed by atoms with van der Waals surface area (Å²) >= 11 is 1.28. The van der Waals surface area contributed by atoms with E-state index in [0.717, 1.165) is 4.08 Å². The van der Waals surface area contributed by atoms with E-state index in [0.29, 0.717) is 0 Å². The van der Waals surface area contributed by atoms with E-state index in [1.807, 2.05) is 0 Å². The third-order valence-electron chi connectivity index (χ3n) is 0.412. The van der Waals surface area contributed by atoms with Crippen LogP contribution in [0, 0.1) is 45.1 Å². The summed E-state index contributed by atoms with van der Waals surface area (Å²) in [6.07, 6.45) is 0. The average Bonchev–Trinajstić information content (AvgIpc) is 2.49. The Morgan fingerprint density at radius 1 is 0.882 bits per heavy atom. The zero-order chi connectivity index (χ0) is 15.7. The van der Waals surface area contributed by atoms with Crippen LogP contribution in [0.4, 0.5) is 0 Å². The summed E-state index contributed by atoms with van der Waals surface area (Å²) in [5, 5.41) is 0. The second kappa shape index (κ2) is 123. The van der Waals surface area contributed by atoms with Gasteiger partial charge in [0.05, 0.1) is 0 Å². The normalized spacial score (nSPS) is 3.29. The molecule has 0 heterocycles. The molecule has 0 rings (SSSR count). The second-order valence-corrected chi connectivity index (χ2v) is 2.20. The molecule has 17 heavy (non-hydrogen) atoms. The van der Waals surface area contributed by atoms with Crippen LogP contribution in [0.5, 0.6) is 0 Å².